The van der Waals surface area contributed by atoms with Crippen LogP contribution in [0, 0.1) is 6.92 Å². The molecule has 1 aliphatic rings. The van der Waals surface area contributed by atoms with Gasteiger partial charge in [0, 0.05) is 21.6 Å². The molecule has 1 aromatic carbocycles. The van der Waals surface area contributed by atoms with E-state index in [0.717, 1.165) is 22.9 Å². The second kappa shape index (κ2) is 6.44. The molecule has 4 nitrogen and oxygen atoms in total. The average molecular weight is 427 g/mol. The highest BCUT2D eigenvalue weighted by Crippen LogP contribution is 2.31. The third-order valence-electron chi connectivity index (χ3n) is 3.32. The van der Waals surface area contributed by atoms with Gasteiger partial charge in [-0.05, 0) is 60.3 Å². The van der Waals surface area contributed by atoms with Crippen molar-refractivity contribution in [3.05, 3.63) is 26.6 Å². The molecule has 0 bridgehead atoms. The van der Waals surface area contributed by atoms with Gasteiger partial charge in [0.2, 0.25) is 10.0 Å². The van der Waals surface area contributed by atoms with Crippen molar-refractivity contribution in [3.63, 3.8) is 0 Å². The molecule has 1 N–H and O–H groups in total. The fourth-order valence-corrected chi connectivity index (χ4v) is 5.09. The summed E-state index contributed by atoms with van der Waals surface area (Å²) in [5, 5.41) is 0. The highest BCUT2D eigenvalue weighted by atomic mass is 79.9. The zero-order chi connectivity index (χ0) is 14.9. The number of hydrogen-bond donors (Lipinski definition) is 1. The third-order valence-corrected chi connectivity index (χ3v) is 6.65. The predicted molar refractivity (Wildman–Crippen MR) is 85.3 cm³/mol. The molecular weight excluding hydrogens is 410 g/mol. The van der Waals surface area contributed by atoms with Gasteiger partial charge in [0.1, 0.15) is 0 Å². The van der Waals surface area contributed by atoms with Crippen LogP contribution in [0.3, 0.4) is 0 Å². The van der Waals surface area contributed by atoms with E-state index in [9.17, 15) is 8.42 Å². The maximum atomic E-state index is 12.4. The minimum Gasteiger partial charge on any atom is -0.378 e. The molecule has 1 aliphatic carbocycles. The maximum absolute atomic E-state index is 12.4. The lowest BCUT2D eigenvalue weighted by Gasteiger charge is -2.35. The molecule has 1 fully saturated rings. The summed E-state index contributed by atoms with van der Waals surface area (Å²) in [6.07, 6.45) is 1.65. The first-order chi connectivity index (χ1) is 9.33. The van der Waals surface area contributed by atoms with E-state index < -0.39 is 10.0 Å². The second-order valence-corrected chi connectivity index (χ2v) is 8.29. The van der Waals surface area contributed by atoms with E-state index in [1.54, 1.807) is 12.1 Å². The molecule has 1 saturated carbocycles. The van der Waals surface area contributed by atoms with Crippen molar-refractivity contribution in [1.82, 2.24) is 4.72 Å². The molecular formula is C13H17Br2NO3S. The smallest absolute Gasteiger partial charge is 0.241 e. The Bertz CT molecular complexity index is 598. The Morgan fingerprint density at radius 3 is 2.55 bits per heavy atom. The van der Waals surface area contributed by atoms with Crippen molar-refractivity contribution >= 4 is 41.9 Å². The summed E-state index contributed by atoms with van der Waals surface area (Å²) in [6.45, 7) is 4.52. The SMILES string of the molecule is CCOC1CC(NS(=O)(=O)c2cc(Br)c(C)cc2Br)C1. The third kappa shape index (κ3) is 3.62. The molecule has 0 spiro atoms. The molecule has 2 rings (SSSR count). The van der Waals surface area contributed by atoms with Crippen LogP contribution in [-0.4, -0.2) is 27.2 Å². The van der Waals surface area contributed by atoms with Gasteiger partial charge < -0.3 is 4.74 Å². The molecule has 0 atom stereocenters. The van der Waals surface area contributed by atoms with E-state index in [1.165, 1.54) is 0 Å². The van der Waals surface area contributed by atoms with E-state index in [2.05, 4.69) is 36.6 Å². The molecule has 0 heterocycles. The number of ether oxygens (including phenoxy) is 1. The van der Waals surface area contributed by atoms with Gasteiger partial charge in [-0.2, -0.15) is 0 Å². The Morgan fingerprint density at radius 2 is 1.95 bits per heavy atom. The van der Waals surface area contributed by atoms with Gasteiger partial charge in [-0.15, -0.1) is 0 Å². The van der Waals surface area contributed by atoms with Crippen LogP contribution in [0.4, 0.5) is 0 Å². The quantitative estimate of drug-likeness (QED) is 0.785. The van der Waals surface area contributed by atoms with Crippen LogP contribution in [0.25, 0.3) is 0 Å². The topological polar surface area (TPSA) is 55.4 Å². The van der Waals surface area contributed by atoms with Gasteiger partial charge in [0.15, 0.2) is 0 Å². The van der Waals surface area contributed by atoms with Crippen molar-refractivity contribution in [2.75, 3.05) is 6.61 Å². The van der Waals surface area contributed by atoms with Crippen molar-refractivity contribution in [2.24, 2.45) is 0 Å². The summed E-state index contributed by atoms with van der Waals surface area (Å²) >= 11 is 6.69. The molecule has 0 amide bonds. The van der Waals surface area contributed by atoms with Crippen LogP contribution in [-0.2, 0) is 14.8 Å². The lowest BCUT2D eigenvalue weighted by molar-refractivity contribution is -0.00476. The van der Waals surface area contributed by atoms with Gasteiger partial charge in [-0.3, -0.25) is 0 Å². The fraction of sp³-hybridized carbons (Fsp3) is 0.538. The molecule has 0 aromatic heterocycles. The van der Waals surface area contributed by atoms with Crippen molar-refractivity contribution < 1.29 is 13.2 Å². The molecule has 1 aromatic rings. The Hall–Kier alpha value is 0.0500. The first-order valence-electron chi connectivity index (χ1n) is 6.43. The van der Waals surface area contributed by atoms with Crippen molar-refractivity contribution in [1.29, 1.82) is 0 Å². The number of aryl methyl sites for hydroxylation is 1. The normalized spacial score (nSPS) is 22.6. The molecule has 7 heteroatoms. The minimum absolute atomic E-state index is 0.0384. The summed E-state index contributed by atoms with van der Waals surface area (Å²) in [4.78, 5) is 0.259. The zero-order valence-corrected chi connectivity index (χ0v) is 15.3. The Labute approximate surface area is 136 Å². The first-order valence-corrected chi connectivity index (χ1v) is 9.50. The Kier molecular flexibility index (Phi) is 5.29. The van der Waals surface area contributed by atoms with Crippen LogP contribution >= 0.6 is 31.9 Å². The highest BCUT2D eigenvalue weighted by Gasteiger charge is 2.33. The monoisotopic (exact) mass is 425 g/mol. The Morgan fingerprint density at radius 1 is 1.30 bits per heavy atom. The summed E-state index contributed by atoms with van der Waals surface area (Å²) in [5.74, 6) is 0. The largest absolute Gasteiger partial charge is 0.378 e. The van der Waals surface area contributed by atoms with E-state index in [-0.39, 0.29) is 17.0 Å². The van der Waals surface area contributed by atoms with E-state index in [4.69, 9.17) is 4.74 Å². The number of nitrogens with one attached hydrogen (secondary N) is 1. The van der Waals surface area contributed by atoms with Gasteiger partial charge >= 0.3 is 0 Å². The highest BCUT2D eigenvalue weighted by molar-refractivity contribution is 9.11. The van der Waals surface area contributed by atoms with E-state index in [0.29, 0.717) is 11.1 Å². The fourth-order valence-electron chi connectivity index (χ4n) is 2.15. The van der Waals surface area contributed by atoms with Crippen molar-refractivity contribution in [2.45, 2.75) is 43.7 Å². The number of halogens is 2. The summed E-state index contributed by atoms with van der Waals surface area (Å²) in [7, 11) is -3.51. The van der Waals surface area contributed by atoms with Crippen molar-refractivity contribution in [3.8, 4) is 0 Å². The van der Waals surface area contributed by atoms with E-state index in [1.807, 2.05) is 13.8 Å². The number of benzene rings is 1. The zero-order valence-electron chi connectivity index (χ0n) is 11.3. The van der Waals surface area contributed by atoms with Gasteiger partial charge in [0.05, 0.1) is 11.0 Å². The van der Waals surface area contributed by atoms with Gasteiger partial charge in [0.25, 0.3) is 0 Å². The lowest BCUT2D eigenvalue weighted by Crippen LogP contribution is -2.47. The summed E-state index contributed by atoms with van der Waals surface area (Å²) < 4.78 is 34.3. The number of rotatable bonds is 5. The van der Waals surface area contributed by atoms with E-state index >= 15 is 0 Å². The Balaban J connectivity index is 2.10. The second-order valence-electron chi connectivity index (χ2n) is 4.90. The van der Waals surface area contributed by atoms with Crippen LogP contribution in [0.15, 0.2) is 26.0 Å². The standard InChI is InChI=1S/C13H17Br2NO3S/c1-3-19-10-5-9(6-10)16-20(17,18)13-7-11(14)8(2)4-12(13)15/h4,7,9-10,16H,3,5-6H2,1-2H3. The van der Waals surface area contributed by atoms with Crippen LogP contribution in [0.5, 0.6) is 0 Å². The average Bonchev–Trinajstić information content (AvgIpc) is 2.31. The summed E-state index contributed by atoms with van der Waals surface area (Å²) in [5.41, 5.74) is 0.982. The van der Waals surface area contributed by atoms with Crippen LogP contribution in [0.1, 0.15) is 25.3 Å². The van der Waals surface area contributed by atoms with Gasteiger partial charge in [-0.25, -0.2) is 13.1 Å². The lowest BCUT2D eigenvalue weighted by atomic mass is 9.90. The first kappa shape index (κ1) is 16.4. The molecule has 112 valence electrons. The number of sulfonamides is 1. The molecule has 20 heavy (non-hydrogen) atoms. The molecule has 0 saturated heterocycles. The molecule has 0 unspecified atom stereocenters. The van der Waals surface area contributed by atoms with Crippen LogP contribution in [0.2, 0.25) is 0 Å². The predicted octanol–water partition coefficient (Wildman–Crippen LogP) is 3.37. The molecule has 0 radical (unpaired) electrons. The number of hydrogen-bond acceptors (Lipinski definition) is 3. The summed E-state index contributed by atoms with van der Waals surface area (Å²) in [6, 6.07) is 3.38. The maximum Gasteiger partial charge on any atom is 0.241 e. The van der Waals surface area contributed by atoms with Crippen LogP contribution < -0.4 is 4.72 Å². The van der Waals surface area contributed by atoms with Gasteiger partial charge in [-0.1, -0.05) is 15.9 Å². The molecule has 0 aliphatic heterocycles. The minimum atomic E-state index is -3.51.